The third-order valence-electron chi connectivity index (χ3n) is 8.17. The number of rotatable bonds is 2. The van der Waals surface area contributed by atoms with Crippen LogP contribution in [-0.4, -0.2) is 80.3 Å². The lowest BCUT2D eigenvalue weighted by Crippen LogP contribution is -2.52. The average Bonchev–Trinajstić information content (AvgIpc) is 3.41. The average molecular weight is 609 g/mol. The number of nitrogen functional groups attached to an aromatic ring is 2. The van der Waals surface area contributed by atoms with E-state index < -0.39 is 54.5 Å². The van der Waals surface area contributed by atoms with E-state index in [2.05, 4.69) is 29.9 Å². The number of aromatic nitrogens is 8. The fourth-order valence-electron chi connectivity index (χ4n) is 6.54. The largest absolute Gasteiger partial charge is 0.382 e. The Morgan fingerprint density at radius 1 is 1.12 bits per heavy atom. The first kappa shape index (κ1) is 25.5. The summed E-state index contributed by atoms with van der Waals surface area (Å²) in [5.74, 6) is -0.136. The highest BCUT2D eigenvalue weighted by Gasteiger charge is 2.94. The Balaban J connectivity index is 1.13. The minimum atomic E-state index is -4.18. The predicted octanol–water partition coefficient (Wildman–Crippen LogP) is 0.0119. The molecule has 2 unspecified atom stereocenters. The zero-order valence-electron chi connectivity index (χ0n) is 21.0. The summed E-state index contributed by atoms with van der Waals surface area (Å²) in [6.07, 6.45) is -1.23. The second-order valence-electron chi connectivity index (χ2n) is 10.4. The van der Waals surface area contributed by atoms with Crippen LogP contribution < -0.4 is 17.0 Å². The standard InChI is InChI=1S/C21H22FN10O7PS/c1-7-2-20-11-10(37-20)17(31-5-27-8-13(23)25-4-26-14(8)31)38-21(11,20)3-35-40(34,41)39-12(22)18(36-7)32-6-28-9-15(32)29-19(24)30-16(9)33/h4-7,10-12,17-18H,2-3H2,1H3,(H,34,41)(H2,23,25,26)(H3,24,29,30,33)/t7-,10-,11-,12+,17-,18-,20?,21+,40?/m1/s1. The number of alkyl halides is 1. The number of nitrogens with zero attached hydrogens (tertiary/aromatic N) is 7. The molecule has 3 aliphatic heterocycles. The van der Waals surface area contributed by atoms with Crippen molar-refractivity contribution in [3.05, 3.63) is 29.3 Å². The molecule has 0 amide bonds. The lowest BCUT2D eigenvalue weighted by atomic mass is 9.97. The number of ether oxygens (including phenoxy) is 3. The predicted molar refractivity (Wildman–Crippen MR) is 139 cm³/mol. The van der Waals surface area contributed by atoms with E-state index in [1.54, 1.807) is 17.8 Å². The van der Waals surface area contributed by atoms with Crippen LogP contribution in [0.1, 0.15) is 25.8 Å². The van der Waals surface area contributed by atoms with Crippen LogP contribution in [0.15, 0.2) is 23.8 Å². The molecular weight excluding hydrogens is 586 g/mol. The van der Waals surface area contributed by atoms with Crippen molar-refractivity contribution in [2.24, 2.45) is 5.92 Å². The summed E-state index contributed by atoms with van der Waals surface area (Å²) < 4.78 is 48.5. The van der Waals surface area contributed by atoms with Gasteiger partial charge in [0.2, 0.25) is 5.95 Å². The molecule has 0 bridgehead atoms. The van der Waals surface area contributed by atoms with Gasteiger partial charge in [0.1, 0.15) is 29.2 Å². The van der Waals surface area contributed by atoms with Crippen molar-refractivity contribution in [1.29, 1.82) is 0 Å². The number of hydrogen-bond acceptors (Lipinski definition) is 14. The quantitative estimate of drug-likeness (QED) is 0.220. The normalized spacial score (nSPS) is 40.1. The SMILES string of the molecule is C[C@@H]1CC23O[C@H]4[C@H](n5cnc6c(N)ncnc65)O[C@@]2(COP(O)(=S)O[C@H](F)[C@H](n2cnc5c(=O)[nH]c(N)nc52)O1)[C@H]43. The number of nitrogens with one attached hydrogen (secondary N) is 1. The number of halogens is 1. The van der Waals surface area contributed by atoms with Crippen molar-refractivity contribution in [2.75, 3.05) is 18.1 Å². The Labute approximate surface area is 233 Å². The summed E-state index contributed by atoms with van der Waals surface area (Å²) in [5, 5.41) is 0. The zero-order valence-corrected chi connectivity index (χ0v) is 22.7. The second kappa shape index (κ2) is 8.23. The van der Waals surface area contributed by atoms with Crippen molar-refractivity contribution >= 4 is 52.6 Å². The van der Waals surface area contributed by atoms with Crippen molar-refractivity contribution in [3.8, 4) is 0 Å². The highest BCUT2D eigenvalue weighted by molar-refractivity contribution is 8.07. The van der Waals surface area contributed by atoms with Gasteiger partial charge in [0.05, 0.1) is 31.3 Å². The van der Waals surface area contributed by atoms with Crippen LogP contribution in [0.2, 0.25) is 0 Å². The van der Waals surface area contributed by atoms with Crippen LogP contribution in [-0.2, 0) is 35.1 Å². The summed E-state index contributed by atoms with van der Waals surface area (Å²) >= 11 is 5.15. The third kappa shape index (κ3) is 3.39. The van der Waals surface area contributed by atoms with E-state index >= 15 is 4.39 Å². The van der Waals surface area contributed by atoms with Gasteiger partial charge in [0.25, 0.3) is 11.9 Å². The first-order valence-electron chi connectivity index (χ1n) is 12.5. The molecule has 4 aliphatic rings. The van der Waals surface area contributed by atoms with Crippen LogP contribution in [0.3, 0.4) is 0 Å². The molecule has 17 nitrogen and oxygen atoms in total. The minimum absolute atomic E-state index is 0.0437. The van der Waals surface area contributed by atoms with Gasteiger partial charge in [0.15, 0.2) is 35.1 Å². The van der Waals surface area contributed by atoms with Crippen LogP contribution in [0.4, 0.5) is 16.2 Å². The summed E-state index contributed by atoms with van der Waals surface area (Å²) in [5.41, 5.74) is 9.91. The van der Waals surface area contributed by atoms with Crippen LogP contribution in [0, 0.1) is 5.92 Å². The van der Waals surface area contributed by atoms with Crippen LogP contribution in [0.5, 0.6) is 0 Å². The first-order valence-corrected chi connectivity index (χ1v) is 15.1. The molecule has 7 heterocycles. The Kier molecular flexibility index (Phi) is 5.13. The molecule has 20 heteroatoms. The van der Waals surface area contributed by atoms with E-state index in [0.29, 0.717) is 11.2 Å². The molecule has 4 aromatic heterocycles. The van der Waals surface area contributed by atoms with Gasteiger partial charge >= 0.3 is 6.72 Å². The van der Waals surface area contributed by atoms with Crippen LogP contribution in [0.25, 0.3) is 22.3 Å². The molecule has 3 saturated heterocycles. The fraction of sp³-hybridized carbons (Fsp3) is 0.524. The molecule has 2 spiro atoms. The number of nitrogens with two attached hydrogens (primary N) is 2. The molecule has 1 aliphatic carbocycles. The lowest BCUT2D eigenvalue weighted by Gasteiger charge is -2.43. The molecule has 0 aromatic carbocycles. The topological polar surface area (TPSA) is 226 Å². The highest BCUT2D eigenvalue weighted by atomic mass is 32.5. The van der Waals surface area contributed by atoms with Gasteiger partial charge in [-0.1, -0.05) is 0 Å². The number of anilines is 2. The smallest absolute Gasteiger partial charge is 0.327 e. The second-order valence-corrected chi connectivity index (χ2v) is 13.2. The first-order chi connectivity index (χ1) is 19.5. The maximum atomic E-state index is 15.7. The lowest BCUT2D eigenvalue weighted by molar-refractivity contribution is -0.268. The molecule has 0 radical (unpaired) electrons. The van der Waals surface area contributed by atoms with E-state index in [1.807, 2.05) is 0 Å². The highest BCUT2D eigenvalue weighted by Crippen LogP contribution is 2.79. The van der Waals surface area contributed by atoms with Gasteiger partial charge in [-0.15, -0.1) is 0 Å². The van der Waals surface area contributed by atoms with Crippen molar-refractivity contribution in [1.82, 2.24) is 39.0 Å². The number of imidazole rings is 2. The maximum Gasteiger partial charge on any atom is 0.327 e. The molecule has 216 valence electrons. The van der Waals surface area contributed by atoms with E-state index in [0.717, 1.165) is 4.57 Å². The monoisotopic (exact) mass is 608 g/mol. The van der Waals surface area contributed by atoms with E-state index in [-0.39, 0.29) is 41.9 Å². The number of hydrogen-bond donors (Lipinski definition) is 4. The maximum absolute atomic E-state index is 15.7. The van der Waals surface area contributed by atoms with Gasteiger partial charge in [-0.05, 0) is 18.7 Å². The molecule has 4 fully saturated rings. The molecule has 8 rings (SSSR count). The Morgan fingerprint density at radius 3 is 2.68 bits per heavy atom. The Morgan fingerprint density at radius 2 is 1.88 bits per heavy atom. The van der Waals surface area contributed by atoms with Gasteiger partial charge in [-0.2, -0.15) is 4.98 Å². The molecule has 6 N–H and O–H groups in total. The summed E-state index contributed by atoms with van der Waals surface area (Å²) in [6.45, 7) is -2.66. The van der Waals surface area contributed by atoms with Crippen molar-refractivity contribution < 1.29 is 32.5 Å². The zero-order chi connectivity index (χ0) is 28.5. The Bertz CT molecular complexity index is 1850. The van der Waals surface area contributed by atoms with Gasteiger partial charge in [0, 0.05) is 6.42 Å². The van der Waals surface area contributed by atoms with E-state index in [1.165, 1.54) is 12.7 Å². The van der Waals surface area contributed by atoms with E-state index in [4.69, 9.17) is 46.5 Å². The molecule has 41 heavy (non-hydrogen) atoms. The molecule has 1 saturated carbocycles. The summed E-state index contributed by atoms with van der Waals surface area (Å²) in [7, 11) is 0. The summed E-state index contributed by atoms with van der Waals surface area (Å²) in [4.78, 5) is 46.1. The number of H-pyrrole nitrogens is 1. The van der Waals surface area contributed by atoms with Gasteiger partial charge < -0.3 is 35.1 Å². The third-order valence-corrected chi connectivity index (χ3v) is 9.67. The fourth-order valence-corrected chi connectivity index (χ4v) is 7.72. The number of fused-ring (bicyclic) bond motifs is 2. The Hall–Kier alpha value is -3.16. The molecular formula is C21H22FN10O7PS. The van der Waals surface area contributed by atoms with Crippen molar-refractivity contribution in [3.63, 3.8) is 0 Å². The number of aromatic amines is 1. The van der Waals surface area contributed by atoms with Gasteiger partial charge in [-0.3, -0.25) is 23.4 Å². The minimum Gasteiger partial charge on any atom is -0.382 e. The summed E-state index contributed by atoms with van der Waals surface area (Å²) in [6, 6.07) is 0. The molecule has 9 atom stereocenters. The van der Waals surface area contributed by atoms with Crippen molar-refractivity contribution in [2.45, 2.75) is 55.6 Å². The van der Waals surface area contributed by atoms with E-state index in [9.17, 15) is 9.69 Å². The van der Waals surface area contributed by atoms with Crippen LogP contribution >= 0.6 is 6.72 Å². The van der Waals surface area contributed by atoms with Gasteiger partial charge in [-0.25, -0.2) is 24.3 Å². The molecule has 4 aromatic rings.